The average molecular weight is 220 g/mol. The smallest absolute Gasteiger partial charge is 0.132 e. The first-order valence-corrected chi connectivity index (χ1v) is 5.97. The molecule has 1 aromatic heterocycles. The fraction of sp³-hybridized carbons (Fsp3) is 0.667. The number of hydrogen-bond donors (Lipinski definition) is 1. The minimum Gasteiger partial charge on any atom is -0.354 e. The maximum atomic E-state index is 4.37. The second kappa shape index (κ2) is 4.78. The maximum absolute atomic E-state index is 4.37. The van der Waals surface area contributed by atoms with Gasteiger partial charge in [0.25, 0.3) is 0 Å². The Morgan fingerprint density at radius 1 is 1.44 bits per heavy atom. The van der Waals surface area contributed by atoms with Crippen LogP contribution in [0.5, 0.6) is 0 Å². The number of aromatic nitrogens is 2. The van der Waals surface area contributed by atoms with Crippen LogP contribution in [0.1, 0.15) is 32.4 Å². The Labute approximate surface area is 97.1 Å². The largest absolute Gasteiger partial charge is 0.354 e. The summed E-state index contributed by atoms with van der Waals surface area (Å²) < 4.78 is 0. The summed E-state index contributed by atoms with van der Waals surface area (Å²) in [6.45, 7) is 9.60. The van der Waals surface area contributed by atoms with Gasteiger partial charge in [0.05, 0.1) is 0 Å². The van der Waals surface area contributed by atoms with Crippen LogP contribution in [0.15, 0.2) is 12.4 Å². The van der Waals surface area contributed by atoms with Gasteiger partial charge in [-0.15, -0.1) is 0 Å². The van der Waals surface area contributed by atoms with E-state index < -0.39 is 0 Å². The van der Waals surface area contributed by atoms with Crippen molar-refractivity contribution in [3.05, 3.63) is 18.1 Å². The first-order valence-electron chi connectivity index (χ1n) is 5.97. The molecule has 1 N–H and O–H groups in total. The molecule has 1 aliphatic rings. The van der Waals surface area contributed by atoms with Crippen LogP contribution in [0.25, 0.3) is 0 Å². The molecule has 0 spiro atoms. The van der Waals surface area contributed by atoms with Crippen molar-refractivity contribution in [2.45, 2.75) is 32.7 Å². The van der Waals surface area contributed by atoms with Crippen LogP contribution in [0.4, 0.5) is 5.82 Å². The topological polar surface area (TPSA) is 41.0 Å². The zero-order valence-corrected chi connectivity index (χ0v) is 10.3. The van der Waals surface area contributed by atoms with Gasteiger partial charge in [0.15, 0.2) is 0 Å². The van der Waals surface area contributed by atoms with Gasteiger partial charge in [-0.2, -0.15) is 0 Å². The second-order valence-electron chi connectivity index (χ2n) is 4.76. The van der Waals surface area contributed by atoms with Gasteiger partial charge in [0, 0.05) is 37.4 Å². The highest BCUT2D eigenvalue weighted by atomic mass is 15.2. The van der Waals surface area contributed by atoms with Gasteiger partial charge in [-0.25, -0.2) is 9.97 Å². The molecule has 1 atom stereocenters. The average Bonchev–Trinajstić information content (AvgIpc) is 2.29. The summed E-state index contributed by atoms with van der Waals surface area (Å²) >= 11 is 0. The zero-order chi connectivity index (χ0) is 11.5. The molecule has 0 aromatic carbocycles. The van der Waals surface area contributed by atoms with E-state index in [9.17, 15) is 0 Å². The van der Waals surface area contributed by atoms with Gasteiger partial charge < -0.3 is 10.2 Å². The predicted molar refractivity (Wildman–Crippen MR) is 65.8 cm³/mol. The molecule has 4 heteroatoms. The molecule has 2 heterocycles. The van der Waals surface area contributed by atoms with E-state index in [-0.39, 0.29) is 0 Å². The molecule has 0 saturated carbocycles. The Bertz CT molecular complexity index is 351. The second-order valence-corrected chi connectivity index (χ2v) is 4.76. The Hall–Kier alpha value is -1.16. The molecule has 1 aliphatic heterocycles. The van der Waals surface area contributed by atoms with Crippen LogP contribution in [0.2, 0.25) is 0 Å². The van der Waals surface area contributed by atoms with E-state index in [4.69, 9.17) is 0 Å². The fourth-order valence-corrected chi connectivity index (χ4v) is 1.99. The van der Waals surface area contributed by atoms with Crippen LogP contribution >= 0.6 is 0 Å². The summed E-state index contributed by atoms with van der Waals surface area (Å²) in [7, 11) is 0. The molecule has 1 aromatic rings. The van der Waals surface area contributed by atoms with E-state index in [0.717, 1.165) is 31.1 Å². The summed E-state index contributed by atoms with van der Waals surface area (Å²) in [5.41, 5.74) is 1.12. The molecule has 88 valence electrons. The van der Waals surface area contributed by atoms with Crippen molar-refractivity contribution in [3.8, 4) is 0 Å². The molecule has 0 amide bonds. The molecular weight excluding hydrogens is 200 g/mol. The Balaban J connectivity index is 2.16. The van der Waals surface area contributed by atoms with Gasteiger partial charge >= 0.3 is 0 Å². The minimum atomic E-state index is 0.460. The lowest BCUT2D eigenvalue weighted by Gasteiger charge is -2.32. The van der Waals surface area contributed by atoms with Crippen molar-refractivity contribution in [1.82, 2.24) is 15.3 Å². The molecule has 0 radical (unpaired) electrons. The minimum absolute atomic E-state index is 0.460. The third-order valence-corrected chi connectivity index (χ3v) is 2.96. The maximum Gasteiger partial charge on any atom is 0.132 e. The van der Waals surface area contributed by atoms with E-state index in [1.807, 2.05) is 0 Å². The van der Waals surface area contributed by atoms with Crippen molar-refractivity contribution in [2.75, 3.05) is 24.5 Å². The SMILES string of the molecule is CC(C)c1cc(N2CCN[C@H](C)C2)ncn1. The summed E-state index contributed by atoms with van der Waals surface area (Å²) in [5.74, 6) is 1.52. The third kappa shape index (κ3) is 2.50. The molecule has 4 nitrogen and oxygen atoms in total. The van der Waals surface area contributed by atoms with E-state index in [1.54, 1.807) is 6.33 Å². The van der Waals surface area contributed by atoms with Crippen LogP contribution in [-0.2, 0) is 0 Å². The monoisotopic (exact) mass is 220 g/mol. The lowest BCUT2D eigenvalue weighted by molar-refractivity contribution is 0.482. The van der Waals surface area contributed by atoms with Crippen LogP contribution in [0, 0.1) is 0 Å². The lowest BCUT2D eigenvalue weighted by atomic mass is 10.1. The normalized spacial score (nSPS) is 21.5. The summed E-state index contributed by atoms with van der Waals surface area (Å²) in [6.07, 6.45) is 1.68. The highest BCUT2D eigenvalue weighted by Gasteiger charge is 2.17. The molecular formula is C12H20N4. The predicted octanol–water partition coefficient (Wildman–Crippen LogP) is 1.40. The Kier molecular flexibility index (Phi) is 3.39. The van der Waals surface area contributed by atoms with E-state index in [1.165, 1.54) is 0 Å². The quantitative estimate of drug-likeness (QED) is 0.818. The molecule has 2 rings (SSSR count). The Morgan fingerprint density at radius 3 is 2.94 bits per heavy atom. The van der Waals surface area contributed by atoms with Crippen molar-refractivity contribution >= 4 is 5.82 Å². The lowest BCUT2D eigenvalue weighted by Crippen LogP contribution is -2.49. The first-order chi connectivity index (χ1) is 7.66. The summed E-state index contributed by atoms with van der Waals surface area (Å²) in [4.78, 5) is 11.0. The van der Waals surface area contributed by atoms with Gasteiger partial charge in [0.2, 0.25) is 0 Å². The van der Waals surface area contributed by atoms with Gasteiger partial charge in [-0.1, -0.05) is 13.8 Å². The van der Waals surface area contributed by atoms with E-state index in [2.05, 4.69) is 47.0 Å². The summed E-state index contributed by atoms with van der Waals surface area (Å²) in [6, 6.07) is 2.65. The van der Waals surface area contributed by atoms with Crippen molar-refractivity contribution in [3.63, 3.8) is 0 Å². The molecule has 1 saturated heterocycles. The van der Waals surface area contributed by atoms with Crippen molar-refractivity contribution in [2.24, 2.45) is 0 Å². The fourth-order valence-electron chi connectivity index (χ4n) is 1.99. The molecule has 0 aliphatic carbocycles. The van der Waals surface area contributed by atoms with Gasteiger partial charge in [-0.05, 0) is 12.8 Å². The van der Waals surface area contributed by atoms with E-state index >= 15 is 0 Å². The number of hydrogen-bond acceptors (Lipinski definition) is 4. The molecule has 0 bridgehead atoms. The first kappa shape index (κ1) is 11.3. The zero-order valence-electron chi connectivity index (χ0n) is 10.3. The number of nitrogens with one attached hydrogen (secondary N) is 1. The van der Waals surface area contributed by atoms with Gasteiger partial charge in [0.1, 0.15) is 12.1 Å². The van der Waals surface area contributed by atoms with Crippen LogP contribution in [0.3, 0.4) is 0 Å². The Morgan fingerprint density at radius 2 is 2.25 bits per heavy atom. The standard InChI is InChI=1S/C12H20N4/c1-9(2)11-6-12(15-8-14-11)16-5-4-13-10(3)7-16/h6,8-10,13H,4-5,7H2,1-3H3/t10-/m1/s1. The van der Waals surface area contributed by atoms with Crippen molar-refractivity contribution < 1.29 is 0 Å². The number of anilines is 1. The van der Waals surface area contributed by atoms with Gasteiger partial charge in [-0.3, -0.25) is 0 Å². The summed E-state index contributed by atoms with van der Waals surface area (Å²) in [5, 5.41) is 3.43. The molecule has 0 unspecified atom stereocenters. The molecule has 1 fully saturated rings. The molecule has 16 heavy (non-hydrogen) atoms. The van der Waals surface area contributed by atoms with E-state index in [0.29, 0.717) is 12.0 Å². The van der Waals surface area contributed by atoms with Crippen LogP contribution in [-0.4, -0.2) is 35.6 Å². The van der Waals surface area contributed by atoms with Crippen LogP contribution < -0.4 is 10.2 Å². The third-order valence-electron chi connectivity index (χ3n) is 2.96. The number of rotatable bonds is 2. The highest BCUT2D eigenvalue weighted by Crippen LogP contribution is 2.17. The van der Waals surface area contributed by atoms with Crippen molar-refractivity contribution in [1.29, 1.82) is 0 Å². The highest BCUT2D eigenvalue weighted by molar-refractivity contribution is 5.40. The number of nitrogens with zero attached hydrogens (tertiary/aromatic N) is 3. The number of piperazine rings is 1.